The zero-order valence-electron chi connectivity index (χ0n) is 16.0. The first-order valence-electron chi connectivity index (χ1n) is 9.56. The maximum absolute atomic E-state index is 2.38. The molecule has 0 N–H and O–H groups in total. The summed E-state index contributed by atoms with van der Waals surface area (Å²) in [6.45, 7) is 13.3. The van der Waals surface area contributed by atoms with Gasteiger partial charge in [0.15, 0.2) is 0 Å². The van der Waals surface area contributed by atoms with Crippen molar-refractivity contribution >= 4 is 13.4 Å². The Morgan fingerprint density at radius 3 is 1.26 bits per heavy atom. The minimum Gasteiger partial charge on any atom is -0.351 e. The van der Waals surface area contributed by atoms with Gasteiger partial charge in [-0.05, 0) is 38.5 Å². The summed E-state index contributed by atoms with van der Waals surface area (Å²) >= 11 is 0. The van der Waals surface area contributed by atoms with Gasteiger partial charge in [-0.15, -0.1) is 23.6 Å². The van der Waals surface area contributed by atoms with Crippen LogP contribution < -0.4 is 0 Å². The molecule has 0 atom stereocenters. The van der Waals surface area contributed by atoms with E-state index in [9.17, 15) is 0 Å². The maximum Gasteiger partial charge on any atom is 0.00107 e. The molecule has 1 aliphatic heterocycles. The van der Waals surface area contributed by atoms with Crippen molar-refractivity contribution in [3.63, 3.8) is 0 Å². The second-order valence-electron chi connectivity index (χ2n) is 6.52. The molecule has 131 valence electrons. The van der Waals surface area contributed by atoms with Crippen LogP contribution in [0.2, 0.25) is 12.6 Å². The molecule has 0 saturated carbocycles. The second-order valence-corrected chi connectivity index (χ2v) is 6.52. The molecule has 0 fully saturated rings. The Bertz CT molecular complexity index is 350. The number of rotatable bonds is 4. The third-order valence-electron chi connectivity index (χ3n) is 5.26. The van der Waals surface area contributed by atoms with Crippen molar-refractivity contribution in [1.29, 1.82) is 0 Å². The molecule has 1 aliphatic carbocycles. The molecule has 0 unspecified atom stereocenters. The Balaban J connectivity index is 0.000000460. The third-order valence-corrected chi connectivity index (χ3v) is 5.26. The third kappa shape index (κ3) is 6.70. The topological polar surface area (TPSA) is 0 Å². The Kier molecular flexibility index (Phi) is 13.1. The van der Waals surface area contributed by atoms with Gasteiger partial charge in [0.1, 0.15) is 0 Å². The van der Waals surface area contributed by atoms with E-state index < -0.39 is 0 Å². The molecule has 0 nitrogen and oxygen atoms in total. The van der Waals surface area contributed by atoms with E-state index in [4.69, 9.17) is 0 Å². The second kappa shape index (κ2) is 13.2. The maximum atomic E-state index is 2.38. The molecule has 3 heteroatoms. The smallest absolute Gasteiger partial charge is 0.00107 e. The van der Waals surface area contributed by atoms with E-state index in [1.165, 1.54) is 51.2 Å². The number of allylic oxidation sites excluding steroid dienone is 6. The minimum absolute atomic E-state index is 0. The number of hydrogen-bond acceptors (Lipinski definition) is 0. The van der Waals surface area contributed by atoms with E-state index in [1.54, 1.807) is 16.7 Å². The van der Waals surface area contributed by atoms with Crippen LogP contribution in [0.1, 0.15) is 73.1 Å². The van der Waals surface area contributed by atoms with Crippen molar-refractivity contribution in [2.75, 3.05) is 0 Å². The fourth-order valence-corrected chi connectivity index (χ4v) is 4.18. The summed E-state index contributed by atoms with van der Waals surface area (Å²) in [4.78, 5) is 0. The van der Waals surface area contributed by atoms with Crippen molar-refractivity contribution in [2.45, 2.75) is 85.8 Å². The van der Waals surface area contributed by atoms with Gasteiger partial charge in [0.2, 0.25) is 0 Å². The van der Waals surface area contributed by atoms with Crippen LogP contribution in [0.15, 0.2) is 35.2 Å². The molecule has 0 aromatic carbocycles. The molecule has 0 amide bonds. The summed E-state index contributed by atoms with van der Waals surface area (Å²) in [6.07, 6.45) is 19.1. The molecular weight excluding hydrogens is 321 g/mol. The van der Waals surface area contributed by atoms with Gasteiger partial charge in [0.25, 0.3) is 0 Å². The van der Waals surface area contributed by atoms with Gasteiger partial charge in [0.05, 0.1) is 0 Å². The van der Waals surface area contributed by atoms with Crippen LogP contribution in [0, 0.1) is 5.72 Å². The molecule has 0 aromatic heterocycles. The Hall–Kier alpha value is -0.144. The van der Waals surface area contributed by atoms with Crippen LogP contribution in [0.25, 0.3) is 0 Å². The first kappa shape index (κ1) is 22.9. The summed E-state index contributed by atoms with van der Waals surface area (Å²) in [5.41, 5.74) is 5.27. The minimum atomic E-state index is 0. The van der Waals surface area contributed by atoms with Crippen LogP contribution >= 0.6 is 0 Å². The first-order chi connectivity index (χ1) is 10.7. The van der Waals surface area contributed by atoms with E-state index in [2.05, 4.69) is 58.9 Å². The Morgan fingerprint density at radius 1 is 0.739 bits per heavy atom. The van der Waals surface area contributed by atoms with Crippen molar-refractivity contribution in [3.05, 3.63) is 41.0 Å². The average Bonchev–Trinajstić information content (AvgIpc) is 2.77. The Morgan fingerprint density at radius 2 is 1.04 bits per heavy atom. The van der Waals surface area contributed by atoms with E-state index in [1.807, 2.05) is 0 Å². The molecule has 0 bridgehead atoms. The van der Waals surface area contributed by atoms with Crippen LogP contribution in [0.5, 0.6) is 0 Å². The van der Waals surface area contributed by atoms with Crippen LogP contribution in [0.4, 0.5) is 0 Å². The van der Waals surface area contributed by atoms with Crippen LogP contribution in [0.3, 0.4) is 0 Å². The SMILES string of the molecule is C1=CCCC=CCC1.CCB1C(CC)=C(CC)B(CC)[C-]1C.[Co]. The largest absolute Gasteiger partial charge is 0.351 e. The summed E-state index contributed by atoms with van der Waals surface area (Å²) in [7, 11) is 0. The van der Waals surface area contributed by atoms with Crippen molar-refractivity contribution in [2.24, 2.45) is 0 Å². The predicted molar refractivity (Wildman–Crippen MR) is 106 cm³/mol. The summed E-state index contributed by atoms with van der Waals surface area (Å²) in [5, 5.41) is 0. The standard InChI is InChI=1S/C12H23B2.C8H12.Co/c1-6-11-12(7-2)14(9-4)10(5)13(11)8-3;1-2-4-6-8-7-5-3-1;/h6-9H2,1-5H3;1-2,7-8H,3-6H2;/q-1;;. The van der Waals surface area contributed by atoms with Crippen LogP contribution in [-0.4, -0.2) is 13.4 Å². The van der Waals surface area contributed by atoms with Gasteiger partial charge in [-0.3, -0.25) is 0 Å². The summed E-state index contributed by atoms with van der Waals surface area (Å²) < 4.78 is 0. The van der Waals surface area contributed by atoms with Crippen molar-refractivity contribution in [3.8, 4) is 0 Å². The van der Waals surface area contributed by atoms with Crippen molar-refractivity contribution in [1.82, 2.24) is 0 Å². The molecule has 23 heavy (non-hydrogen) atoms. The van der Waals surface area contributed by atoms with Gasteiger partial charge in [-0.1, -0.05) is 52.0 Å². The molecule has 0 spiro atoms. The predicted octanol–water partition coefficient (Wildman–Crippen LogP) is 6.57. The van der Waals surface area contributed by atoms with Gasteiger partial charge in [0, 0.05) is 30.2 Å². The Labute approximate surface area is 157 Å². The van der Waals surface area contributed by atoms with Gasteiger partial charge < -0.3 is 5.72 Å². The van der Waals surface area contributed by atoms with Gasteiger partial charge >= 0.3 is 0 Å². The fourth-order valence-electron chi connectivity index (χ4n) is 4.18. The molecule has 2 rings (SSSR count). The fraction of sp³-hybridized carbons (Fsp3) is 0.650. The van der Waals surface area contributed by atoms with E-state index in [0.717, 1.165) is 13.4 Å². The molecule has 0 saturated heterocycles. The zero-order chi connectivity index (χ0) is 16.4. The van der Waals surface area contributed by atoms with Crippen molar-refractivity contribution < 1.29 is 16.8 Å². The van der Waals surface area contributed by atoms with Gasteiger partial charge in [-0.2, -0.15) is 6.92 Å². The molecular formula is C20H35B2Co-. The average molecular weight is 356 g/mol. The summed E-state index contributed by atoms with van der Waals surface area (Å²) in [6, 6.07) is 0. The monoisotopic (exact) mass is 356 g/mol. The molecule has 0 aromatic rings. The molecule has 1 radical (unpaired) electrons. The first-order valence-corrected chi connectivity index (χ1v) is 9.56. The molecule has 1 heterocycles. The van der Waals surface area contributed by atoms with E-state index in [0.29, 0.717) is 0 Å². The molecule has 2 aliphatic rings. The van der Waals surface area contributed by atoms with E-state index >= 15 is 0 Å². The zero-order valence-corrected chi connectivity index (χ0v) is 17.0. The quantitative estimate of drug-likeness (QED) is 0.304. The normalized spacial score (nSPS) is 18.3. The van der Waals surface area contributed by atoms with Crippen LogP contribution in [-0.2, 0) is 16.8 Å². The van der Waals surface area contributed by atoms with Gasteiger partial charge in [-0.25, -0.2) is 0 Å². The summed E-state index contributed by atoms with van der Waals surface area (Å²) in [5.74, 6) is 0. The van der Waals surface area contributed by atoms with E-state index in [-0.39, 0.29) is 16.8 Å². The number of hydrogen-bond donors (Lipinski definition) is 0.